The Bertz CT molecular complexity index is 661. The summed E-state index contributed by atoms with van der Waals surface area (Å²) in [6.45, 7) is 1.52. The van der Waals surface area contributed by atoms with E-state index in [1.807, 2.05) is 18.3 Å². The fourth-order valence-electron chi connectivity index (χ4n) is 3.33. The van der Waals surface area contributed by atoms with Crippen LogP contribution in [0, 0.1) is 0 Å². The molecule has 0 N–H and O–H groups in total. The molecule has 1 fully saturated rings. The topological polar surface area (TPSA) is 62.2 Å². The summed E-state index contributed by atoms with van der Waals surface area (Å²) in [6.07, 6.45) is 10.3. The molecule has 0 aromatic carbocycles. The van der Waals surface area contributed by atoms with Gasteiger partial charge in [-0.15, -0.1) is 0 Å². The van der Waals surface area contributed by atoms with E-state index in [1.165, 1.54) is 0 Å². The molecule has 2 aromatic rings. The van der Waals surface area contributed by atoms with Gasteiger partial charge in [-0.25, -0.2) is 0 Å². The Hall–Kier alpha value is -2.34. The molecule has 0 spiro atoms. The number of aromatic nitrogens is 3. The van der Waals surface area contributed by atoms with E-state index in [1.54, 1.807) is 43.8 Å². The summed E-state index contributed by atoms with van der Waals surface area (Å²) in [5.74, 6) is 0.0550. The minimum atomic E-state index is -0.742. The van der Waals surface area contributed by atoms with Gasteiger partial charge >= 0.3 is 0 Å². The zero-order chi connectivity index (χ0) is 16.3. The van der Waals surface area contributed by atoms with Crippen molar-refractivity contribution in [3.63, 3.8) is 0 Å². The predicted molar refractivity (Wildman–Crippen MR) is 86.3 cm³/mol. The Labute approximate surface area is 136 Å². The van der Waals surface area contributed by atoms with Crippen molar-refractivity contribution in [2.45, 2.75) is 24.9 Å². The van der Waals surface area contributed by atoms with Crippen LogP contribution in [0.15, 0.2) is 43.1 Å². The molecule has 3 rings (SSSR count). The number of hydrogen-bond donors (Lipinski definition) is 0. The Balaban J connectivity index is 2.02. The van der Waals surface area contributed by atoms with E-state index < -0.39 is 5.54 Å². The van der Waals surface area contributed by atoms with Crippen LogP contribution < -0.4 is 0 Å². The highest BCUT2D eigenvalue weighted by molar-refractivity contribution is 5.87. The van der Waals surface area contributed by atoms with Gasteiger partial charge < -0.3 is 4.90 Å². The maximum Gasteiger partial charge on any atom is 0.248 e. The largest absolute Gasteiger partial charge is 0.347 e. The van der Waals surface area contributed by atoms with E-state index in [2.05, 4.69) is 19.9 Å². The molecule has 1 amide bonds. The average molecular weight is 311 g/mol. The van der Waals surface area contributed by atoms with Gasteiger partial charge in [-0.05, 0) is 31.0 Å². The number of likely N-dealkylation sites (tertiary alicyclic amines) is 1. The zero-order valence-electron chi connectivity index (χ0n) is 13.5. The Morgan fingerprint density at radius 2 is 2.09 bits per heavy atom. The van der Waals surface area contributed by atoms with Crippen LogP contribution in [-0.4, -0.2) is 51.3 Å². The monoisotopic (exact) mass is 311 g/mol. The minimum absolute atomic E-state index is 0.0550. The molecular weight excluding hydrogens is 290 g/mol. The molecule has 1 saturated heterocycles. The lowest BCUT2D eigenvalue weighted by Gasteiger charge is -2.38. The van der Waals surface area contributed by atoms with Crippen molar-refractivity contribution in [3.05, 3.63) is 54.4 Å². The Morgan fingerprint density at radius 3 is 2.74 bits per heavy atom. The number of amides is 1. The predicted octanol–water partition coefficient (Wildman–Crippen LogP) is 1.45. The average Bonchev–Trinajstić information content (AvgIpc) is 3.00. The van der Waals surface area contributed by atoms with E-state index in [0.29, 0.717) is 6.54 Å². The van der Waals surface area contributed by atoms with Gasteiger partial charge in [0, 0.05) is 45.4 Å². The fourth-order valence-corrected chi connectivity index (χ4v) is 3.33. The van der Waals surface area contributed by atoms with Crippen LogP contribution in [0.25, 0.3) is 0 Å². The summed E-state index contributed by atoms with van der Waals surface area (Å²) < 4.78 is 0. The molecular formula is C17H21N5O. The smallest absolute Gasteiger partial charge is 0.248 e. The van der Waals surface area contributed by atoms with Gasteiger partial charge in [0.15, 0.2) is 0 Å². The molecule has 0 saturated carbocycles. The molecule has 120 valence electrons. The van der Waals surface area contributed by atoms with Crippen molar-refractivity contribution in [2.24, 2.45) is 0 Å². The molecule has 3 heterocycles. The van der Waals surface area contributed by atoms with E-state index >= 15 is 0 Å². The van der Waals surface area contributed by atoms with E-state index in [9.17, 15) is 4.79 Å². The Kier molecular flexibility index (Phi) is 4.34. The number of hydrogen-bond acceptors (Lipinski definition) is 5. The number of likely N-dealkylation sites (N-methyl/N-ethyl adjacent to an activating group) is 1. The summed E-state index contributed by atoms with van der Waals surface area (Å²) in [4.78, 5) is 29.7. The third-order valence-electron chi connectivity index (χ3n) is 4.35. The number of nitrogens with zero attached hydrogens (tertiary/aromatic N) is 5. The normalized spacial score (nSPS) is 21.3. The molecule has 6 heteroatoms. The SMILES string of the molecule is CN(C)C(=O)[C@]1(c2cnccn2)CCCN1Cc1cccnc1. The van der Waals surface area contributed by atoms with Crippen molar-refractivity contribution in [3.8, 4) is 0 Å². The third kappa shape index (κ3) is 2.82. The van der Waals surface area contributed by atoms with Crippen LogP contribution >= 0.6 is 0 Å². The van der Waals surface area contributed by atoms with Crippen molar-refractivity contribution in [1.82, 2.24) is 24.8 Å². The molecule has 23 heavy (non-hydrogen) atoms. The van der Waals surface area contributed by atoms with Crippen LogP contribution in [0.5, 0.6) is 0 Å². The molecule has 1 atom stereocenters. The van der Waals surface area contributed by atoms with Gasteiger partial charge in [-0.3, -0.25) is 24.6 Å². The highest BCUT2D eigenvalue weighted by Crippen LogP contribution is 2.40. The van der Waals surface area contributed by atoms with Crippen LogP contribution in [0.2, 0.25) is 0 Å². The number of carbonyl (C=O) groups is 1. The summed E-state index contributed by atoms with van der Waals surface area (Å²) in [7, 11) is 3.59. The standard InChI is InChI=1S/C17H21N5O/c1-21(2)16(23)17(15-12-19-8-9-20-15)6-4-10-22(17)13-14-5-3-7-18-11-14/h3,5,7-9,11-12H,4,6,10,13H2,1-2H3/t17-/m1/s1. The second-order valence-electron chi connectivity index (χ2n) is 6.04. The first-order valence-electron chi connectivity index (χ1n) is 7.77. The first-order chi connectivity index (χ1) is 11.1. The lowest BCUT2D eigenvalue weighted by Crippen LogP contribution is -2.52. The molecule has 0 bridgehead atoms. The summed E-state index contributed by atoms with van der Waals surface area (Å²) in [5.41, 5.74) is 1.07. The summed E-state index contributed by atoms with van der Waals surface area (Å²) in [5, 5.41) is 0. The quantitative estimate of drug-likeness (QED) is 0.855. The van der Waals surface area contributed by atoms with Crippen molar-refractivity contribution in [2.75, 3.05) is 20.6 Å². The summed E-state index contributed by atoms with van der Waals surface area (Å²) in [6, 6.07) is 3.95. The van der Waals surface area contributed by atoms with Gasteiger partial charge in [0.1, 0.15) is 5.54 Å². The van der Waals surface area contributed by atoms with Crippen LogP contribution in [0.4, 0.5) is 0 Å². The van der Waals surface area contributed by atoms with E-state index in [4.69, 9.17) is 0 Å². The van der Waals surface area contributed by atoms with Gasteiger partial charge in [-0.1, -0.05) is 6.07 Å². The van der Waals surface area contributed by atoms with Gasteiger partial charge in [-0.2, -0.15) is 0 Å². The maximum atomic E-state index is 13.1. The van der Waals surface area contributed by atoms with Gasteiger partial charge in [0.05, 0.1) is 11.9 Å². The zero-order valence-corrected chi connectivity index (χ0v) is 13.5. The molecule has 1 aliphatic heterocycles. The number of carbonyl (C=O) groups excluding carboxylic acids is 1. The second-order valence-corrected chi connectivity index (χ2v) is 6.04. The number of rotatable bonds is 4. The van der Waals surface area contributed by atoms with Gasteiger partial charge in [0.2, 0.25) is 5.91 Å². The fraction of sp³-hybridized carbons (Fsp3) is 0.412. The highest BCUT2D eigenvalue weighted by atomic mass is 16.2. The molecule has 2 aromatic heterocycles. The van der Waals surface area contributed by atoms with E-state index in [-0.39, 0.29) is 5.91 Å². The highest BCUT2D eigenvalue weighted by Gasteiger charge is 2.50. The lowest BCUT2D eigenvalue weighted by molar-refractivity contribution is -0.141. The van der Waals surface area contributed by atoms with Crippen molar-refractivity contribution >= 4 is 5.91 Å². The Morgan fingerprint density at radius 1 is 1.26 bits per heavy atom. The summed E-state index contributed by atoms with van der Waals surface area (Å²) >= 11 is 0. The van der Waals surface area contributed by atoms with Gasteiger partial charge in [0.25, 0.3) is 0 Å². The lowest BCUT2D eigenvalue weighted by atomic mass is 9.90. The molecule has 6 nitrogen and oxygen atoms in total. The third-order valence-corrected chi connectivity index (χ3v) is 4.35. The van der Waals surface area contributed by atoms with Crippen molar-refractivity contribution < 1.29 is 4.79 Å². The van der Waals surface area contributed by atoms with Crippen LogP contribution in [0.3, 0.4) is 0 Å². The van der Waals surface area contributed by atoms with Crippen LogP contribution in [0.1, 0.15) is 24.1 Å². The van der Waals surface area contributed by atoms with Crippen LogP contribution in [-0.2, 0) is 16.9 Å². The maximum absolute atomic E-state index is 13.1. The first-order valence-corrected chi connectivity index (χ1v) is 7.77. The van der Waals surface area contributed by atoms with Crippen molar-refractivity contribution in [1.29, 1.82) is 0 Å². The number of pyridine rings is 1. The molecule has 0 unspecified atom stereocenters. The molecule has 0 radical (unpaired) electrons. The van der Waals surface area contributed by atoms with E-state index in [0.717, 1.165) is 30.6 Å². The second kappa shape index (κ2) is 6.42. The molecule has 1 aliphatic rings. The first kappa shape index (κ1) is 15.6. The molecule has 0 aliphatic carbocycles. The minimum Gasteiger partial charge on any atom is -0.347 e.